The Bertz CT molecular complexity index is 1300. The van der Waals surface area contributed by atoms with Crippen LogP contribution < -0.4 is 5.56 Å². The number of carbonyl (C=O) groups is 1. The number of thioether (sulfide) groups is 1. The Hall–Kier alpha value is -2.97. The predicted octanol–water partition coefficient (Wildman–Crippen LogP) is 3.26. The van der Waals surface area contributed by atoms with Crippen LogP contribution >= 0.6 is 23.4 Å². The monoisotopic (exact) mass is 423 g/mol. The highest BCUT2D eigenvalue weighted by Crippen LogP contribution is 2.34. The summed E-state index contributed by atoms with van der Waals surface area (Å²) in [5, 5.41) is 1.00. The second kappa shape index (κ2) is 6.82. The average molecular weight is 424 g/mol. The number of halogens is 1. The molecule has 0 fully saturated rings. The van der Waals surface area contributed by atoms with Gasteiger partial charge in [-0.05, 0) is 31.2 Å². The summed E-state index contributed by atoms with van der Waals surface area (Å²) in [5.41, 5.74) is 2.52. The average Bonchev–Trinajstić information content (AvgIpc) is 3.02. The maximum absolute atomic E-state index is 12.7. The molecular weight excluding hydrogens is 410 g/mol. The summed E-state index contributed by atoms with van der Waals surface area (Å²) in [6.45, 7) is 1.77. The fourth-order valence-electron chi connectivity index (χ4n) is 3.31. The molecule has 0 spiro atoms. The Kier molecular flexibility index (Phi) is 4.25. The molecule has 0 radical (unpaired) electrons. The number of amides is 1. The van der Waals surface area contributed by atoms with E-state index in [1.807, 2.05) is 24.3 Å². The van der Waals surface area contributed by atoms with E-state index in [2.05, 4.69) is 15.0 Å². The van der Waals surface area contributed by atoms with Gasteiger partial charge in [-0.3, -0.25) is 19.0 Å². The van der Waals surface area contributed by atoms with Crippen LogP contribution in [-0.2, 0) is 10.5 Å². The largest absolute Gasteiger partial charge is 0.272 e. The number of hydrogen-bond donors (Lipinski definition) is 0. The van der Waals surface area contributed by atoms with Crippen molar-refractivity contribution in [1.82, 2.24) is 14.3 Å². The van der Waals surface area contributed by atoms with Crippen LogP contribution in [0, 0.1) is 0 Å². The Labute approximate surface area is 174 Å². The van der Waals surface area contributed by atoms with Crippen molar-refractivity contribution in [3.05, 3.63) is 75.3 Å². The number of carbonyl (C=O) groups excluding carboxylic acids is 1. The molecule has 0 aliphatic carbocycles. The van der Waals surface area contributed by atoms with Gasteiger partial charge in [0.25, 0.3) is 11.5 Å². The second-order valence-corrected chi connectivity index (χ2v) is 8.04. The number of para-hydroxylation sites is 1. The minimum absolute atomic E-state index is 0.109. The van der Waals surface area contributed by atoms with Crippen molar-refractivity contribution < 1.29 is 4.79 Å². The molecule has 3 aromatic rings. The number of aliphatic imine (C=N–C) groups is 2. The van der Waals surface area contributed by atoms with Crippen molar-refractivity contribution in [1.29, 1.82) is 0 Å². The van der Waals surface area contributed by atoms with E-state index >= 15 is 0 Å². The van der Waals surface area contributed by atoms with Gasteiger partial charge in [0.2, 0.25) is 0 Å². The van der Waals surface area contributed by atoms with Gasteiger partial charge < -0.3 is 0 Å². The van der Waals surface area contributed by atoms with E-state index in [-0.39, 0.29) is 11.5 Å². The molecule has 1 amide bonds. The van der Waals surface area contributed by atoms with Crippen molar-refractivity contribution in [2.75, 3.05) is 0 Å². The first-order chi connectivity index (χ1) is 14.0. The highest BCUT2D eigenvalue weighted by molar-refractivity contribution is 8.13. The van der Waals surface area contributed by atoms with Gasteiger partial charge in [-0.1, -0.05) is 35.5 Å². The second-order valence-electron chi connectivity index (χ2n) is 6.66. The number of aromatic nitrogens is 2. The molecule has 144 valence electrons. The molecule has 0 unspecified atom stereocenters. The van der Waals surface area contributed by atoms with Crippen LogP contribution in [0.4, 0.5) is 5.69 Å². The quantitative estimate of drug-likeness (QED) is 0.633. The number of amidine groups is 2. The van der Waals surface area contributed by atoms with E-state index in [0.717, 1.165) is 11.3 Å². The minimum Gasteiger partial charge on any atom is -0.272 e. The molecular formula is C20H14ClN5O2S. The van der Waals surface area contributed by atoms with Crippen LogP contribution in [0.25, 0.3) is 5.65 Å². The molecule has 4 heterocycles. The number of hydrogen-bond acceptors (Lipinski definition) is 6. The summed E-state index contributed by atoms with van der Waals surface area (Å²) >= 11 is 7.31. The van der Waals surface area contributed by atoms with E-state index < -0.39 is 6.04 Å². The van der Waals surface area contributed by atoms with E-state index in [4.69, 9.17) is 11.6 Å². The SMILES string of the molecule is C[C@@H]1N=C2c3ccccc3N=C(SCc3cc(=O)n4cc(Cl)ccc4n3)N2C1=O. The lowest BCUT2D eigenvalue weighted by Gasteiger charge is -2.25. The molecule has 9 heteroatoms. The molecule has 5 rings (SSSR count). The van der Waals surface area contributed by atoms with Gasteiger partial charge in [-0.2, -0.15) is 0 Å². The molecule has 0 saturated heterocycles. The summed E-state index contributed by atoms with van der Waals surface area (Å²) in [6.07, 6.45) is 1.54. The minimum atomic E-state index is -0.449. The fraction of sp³-hybridized carbons (Fsp3) is 0.150. The van der Waals surface area contributed by atoms with Gasteiger partial charge in [0.15, 0.2) is 5.17 Å². The molecule has 0 saturated carbocycles. The zero-order valence-electron chi connectivity index (χ0n) is 15.2. The number of benzene rings is 1. The zero-order chi connectivity index (χ0) is 20.1. The lowest BCUT2D eigenvalue weighted by molar-refractivity contribution is -0.124. The third-order valence-corrected chi connectivity index (χ3v) is 5.88. The molecule has 1 aromatic carbocycles. The Balaban J connectivity index is 1.49. The summed E-state index contributed by atoms with van der Waals surface area (Å²) in [7, 11) is 0. The highest BCUT2D eigenvalue weighted by atomic mass is 35.5. The van der Waals surface area contributed by atoms with Crippen LogP contribution in [0.3, 0.4) is 0 Å². The van der Waals surface area contributed by atoms with Crippen LogP contribution in [0.15, 0.2) is 63.4 Å². The van der Waals surface area contributed by atoms with Crippen molar-refractivity contribution in [2.24, 2.45) is 9.98 Å². The van der Waals surface area contributed by atoms with Crippen molar-refractivity contribution in [2.45, 2.75) is 18.7 Å². The molecule has 7 nitrogen and oxygen atoms in total. The maximum atomic E-state index is 12.7. The Morgan fingerprint density at radius 1 is 1.17 bits per heavy atom. The number of fused-ring (bicyclic) bond motifs is 4. The first-order valence-electron chi connectivity index (χ1n) is 8.92. The van der Waals surface area contributed by atoms with E-state index in [1.165, 1.54) is 22.2 Å². The van der Waals surface area contributed by atoms with E-state index in [1.54, 1.807) is 30.2 Å². The van der Waals surface area contributed by atoms with Crippen LogP contribution in [0.1, 0.15) is 18.2 Å². The van der Waals surface area contributed by atoms with Crippen molar-refractivity contribution in [3.8, 4) is 0 Å². The summed E-state index contributed by atoms with van der Waals surface area (Å²) in [6, 6.07) is 12.0. The zero-order valence-corrected chi connectivity index (χ0v) is 16.8. The van der Waals surface area contributed by atoms with Crippen LogP contribution in [-0.4, -0.2) is 37.2 Å². The van der Waals surface area contributed by atoms with Gasteiger partial charge in [0.05, 0.1) is 16.4 Å². The number of nitrogens with zero attached hydrogens (tertiary/aromatic N) is 5. The van der Waals surface area contributed by atoms with Gasteiger partial charge in [0.1, 0.15) is 17.5 Å². The van der Waals surface area contributed by atoms with Gasteiger partial charge in [-0.25, -0.2) is 14.9 Å². The molecule has 2 aliphatic heterocycles. The molecule has 1 atom stereocenters. The third-order valence-electron chi connectivity index (χ3n) is 4.68. The van der Waals surface area contributed by atoms with Crippen molar-refractivity contribution >= 4 is 51.6 Å². The Morgan fingerprint density at radius 2 is 2.00 bits per heavy atom. The number of rotatable bonds is 2. The molecule has 29 heavy (non-hydrogen) atoms. The summed E-state index contributed by atoms with van der Waals surface area (Å²) < 4.78 is 1.40. The normalized spacial score (nSPS) is 17.8. The lowest BCUT2D eigenvalue weighted by Crippen LogP contribution is -2.40. The predicted molar refractivity (Wildman–Crippen MR) is 114 cm³/mol. The highest BCUT2D eigenvalue weighted by Gasteiger charge is 2.39. The summed E-state index contributed by atoms with van der Waals surface area (Å²) in [4.78, 5) is 40.3. The third kappa shape index (κ3) is 3.04. The first-order valence-corrected chi connectivity index (χ1v) is 10.3. The van der Waals surface area contributed by atoms with Crippen LogP contribution in [0.2, 0.25) is 5.02 Å². The smallest absolute Gasteiger partial charge is 0.258 e. The molecule has 0 N–H and O–H groups in total. The summed E-state index contributed by atoms with van der Waals surface area (Å²) in [5.74, 6) is 0.902. The number of pyridine rings is 1. The fourth-order valence-corrected chi connectivity index (χ4v) is 4.36. The molecule has 0 bridgehead atoms. The van der Waals surface area contributed by atoms with Gasteiger partial charge in [-0.15, -0.1) is 0 Å². The topological polar surface area (TPSA) is 79.4 Å². The van der Waals surface area contributed by atoms with Crippen LogP contribution in [0.5, 0.6) is 0 Å². The molecule has 2 aliphatic rings. The van der Waals surface area contributed by atoms with E-state index in [9.17, 15) is 9.59 Å². The van der Waals surface area contributed by atoms with Gasteiger partial charge >= 0.3 is 0 Å². The van der Waals surface area contributed by atoms with Gasteiger partial charge in [0, 0.05) is 23.6 Å². The first kappa shape index (κ1) is 18.1. The lowest BCUT2D eigenvalue weighted by atomic mass is 10.1. The Morgan fingerprint density at radius 3 is 2.86 bits per heavy atom. The standard InChI is InChI=1S/C20H14ClN5O2S/c1-11-19(28)26-18(22-11)14-4-2-3-5-15(14)24-20(26)29-10-13-8-17(27)25-9-12(21)6-7-16(25)23-13/h2-9,11H,10H2,1H3/t11-/m0/s1. The maximum Gasteiger partial charge on any atom is 0.258 e. The van der Waals surface area contributed by atoms with E-state index in [0.29, 0.717) is 33.1 Å². The molecule has 2 aromatic heterocycles. The van der Waals surface area contributed by atoms with Crippen molar-refractivity contribution in [3.63, 3.8) is 0 Å².